The number of aromatic amines is 1. The number of nitrogens with zero attached hydrogens (tertiary/aromatic N) is 3. The maximum absolute atomic E-state index is 5.30. The third kappa shape index (κ3) is 2.31. The Morgan fingerprint density at radius 1 is 1.50 bits per heavy atom. The predicted molar refractivity (Wildman–Crippen MR) is 68.1 cm³/mol. The SMILES string of the molecule is CN(C)CCCn1c(=S)[nH]c2cnccc21. The van der Waals surface area contributed by atoms with E-state index in [0.717, 1.165) is 35.3 Å². The molecular formula is C11H16N4S. The van der Waals surface area contributed by atoms with Gasteiger partial charge in [0.2, 0.25) is 0 Å². The van der Waals surface area contributed by atoms with Gasteiger partial charge >= 0.3 is 0 Å². The van der Waals surface area contributed by atoms with Crippen molar-refractivity contribution in [3.05, 3.63) is 23.2 Å². The third-order valence-corrected chi connectivity index (χ3v) is 2.89. The first kappa shape index (κ1) is 11.3. The molecule has 2 aromatic rings. The quantitative estimate of drug-likeness (QED) is 0.825. The summed E-state index contributed by atoms with van der Waals surface area (Å²) in [6, 6.07) is 2.00. The Labute approximate surface area is 99.9 Å². The van der Waals surface area contributed by atoms with Crippen LogP contribution in [0, 0.1) is 4.77 Å². The molecule has 0 aliphatic carbocycles. The Kier molecular flexibility index (Phi) is 3.36. The molecule has 1 N–H and O–H groups in total. The van der Waals surface area contributed by atoms with Crippen LogP contribution < -0.4 is 0 Å². The molecule has 0 saturated carbocycles. The van der Waals surface area contributed by atoms with Crippen molar-refractivity contribution in [1.82, 2.24) is 19.4 Å². The van der Waals surface area contributed by atoms with E-state index in [0.29, 0.717) is 0 Å². The molecule has 0 bridgehead atoms. The molecule has 0 fully saturated rings. The molecule has 0 atom stereocenters. The van der Waals surface area contributed by atoms with E-state index in [-0.39, 0.29) is 0 Å². The van der Waals surface area contributed by atoms with Crippen LogP contribution in [0.25, 0.3) is 11.0 Å². The van der Waals surface area contributed by atoms with Gasteiger partial charge in [-0.05, 0) is 45.3 Å². The minimum absolute atomic E-state index is 0.779. The number of aromatic nitrogens is 3. The molecule has 0 unspecified atom stereocenters. The van der Waals surface area contributed by atoms with Crippen LogP contribution in [0.5, 0.6) is 0 Å². The van der Waals surface area contributed by atoms with Gasteiger partial charge in [-0.2, -0.15) is 0 Å². The minimum atomic E-state index is 0.779. The predicted octanol–water partition coefficient (Wildman–Crippen LogP) is 2.05. The van der Waals surface area contributed by atoms with Crippen molar-refractivity contribution in [1.29, 1.82) is 0 Å². The Morgan fingerprint density at radius 2 is 2.31 bits per heavy atom. The monoisotopic (exact) mass is 236 g/mol. The van der Waals surface area contributed by atoms with Crippen molar-refractivity contribution in [2.24, 2.45) is 0 Å². The van der Waals surface area contributed by atoms with Gasteiger partial charge in [0.05, 0.1) is 17.2 Å². The summed E-state index contributed by atoms with van der Waals surface area (Å²) in [5, 5.41) is 0. The first-order valence-electron chi connectivity index (χ1n) is 5.36. The lowest BCUT2D eigenvalue weighted by Gasteiger charge is -2.09. The van der Waals surface area contributed by atoms with E-state index < -0.39 is 0 Å². The average molecular weight is 236 g/mol. The number of nitrogens with one attached hydrogen (secondary N) is 1. The molecule has 0 spiro atoms. The van der Waals surface area contributed by atoms with Gasteiger partial charge in [0, 0.05) is 12.7 Å². The fraction of sp³-hybridized carbons (Fsp3) is 0.455. The zero-order valence-corrected chi connectivity index (χ0v) is 10.4. The normalized spacial score (nSPS) is 11.4. The number of fused-ring (bicyclic) bond motifs is 1. The number of aryl methyl sites for hydroxylation is 1. The largest absolute Gasteiger partial charge is 0.329 e. The van der Waals surface area contributed by atoms with Gasteiger partial charge in [0.15, 0.2) is 4.77 Å². The van der Waals surface area contributed by atoms with Gasteiger partial charge in [-0.1, -0.05) is 0 Å². The summed E-state index contributed by atoms with van der Waals surface area (Å²) in [5.41, 5.74) is 2.15. The van der Waals surface area contributed by atoms with Crippen LogP contribution in [-0.4, -0.2) is 40.1 Å². The minimum Gasteiger partial charge on any atom is -0.329 e. The van der Waals surface area contributed by atoms with Crippen LogP contribution in [0.2, 0.25) is 0 Å². The number of rotatable bonds is 4. The topological polar surface area (TPSA) is 36.9 Å². The van der Waals surface area contributed by atoms with E-state index in [1.807, 2.05) is 12.3 Å². The molecule has 0 saturated heterocycles. The molecular weight excluding hydrogens is 220 g/mol. The van der Waals surface area contributed by atoms with Crippen molar-refractivity contribution in [3.8, 4) is 0 Å². The third-order valence-electron chi connectivity index (χ3n) is 2.56. The Morgan fingerprint density at radius 3 is 3.06 bits per heavy atom. The highest BCUT2D eigenvalue weighted by Crippen LogP contribution is 2.12. The van der Waals surface area contributed by atoms with Gasteiger partial charge in [-0.25, -0.2) is 0 Å². The van der Waals surface area contributed by atoms with Crippen LogP contribution in [0.15, 0.2) is 18.5 Å². The number of H-pyrrole nitrogens is 1. The molecule has 0 aliphatic rings. The highest BCUT2D eigenvalue weighted by molar-refractivity contribution is 7.71. The van der Waals surface area contributed by atoms with Crippen LogP contribution in [0.1, 0.15) is 6.42 Å². The van der Waals surface area contributed by atoms with Crippen LogP contribution in [0.4, 0.5) is 0 Å². The Hall–Kier alpha value is -1.20. The Balaban J connectivity index is 2.23. The Bertz CT molecular complexity index is 526. The molecule has 0 amide bonds. The zero-order chi connectivity index (χ0) is 11.5. The average Bonchev–Trinajstić information content (AvgIpc) is 2.55. The molecule has 0 aliphatic heterocycles. The van der Waals surface area contributed by atoms with Crippen LogP contribution in [0.3, 0.4) is 0 Å². The van der Waals surface area contributed by atoms with E-state index >= 15 is 0 Å². The number of hydrogen-bond acceptors (Lipinski definition) is 3. The molecule has 5 heteroatoms. The molecule has 2 rings (SSSR count). The summed E-state index contributed by atoms with van der Waals surface area (Å²) in [6.07, 6.45) is 4.71. The van der Waals surface area contributed by atoms with E-state index in [2.05, 4.69) is 33.5 Å². The molecule has 86 valence electrons. The van der Waals surface area contributed by atoms with Gasteiger partial charge in [-0.3, -0.25) is 4.98 Å². The summed E-state index contributed by atoms with van der Waals surface area (Å²) in [5.74, 6) is 0. The van der Waals surface area contributed by atoms with Crippen molar-refractivity contribution in [2.45, 2.75) is 13.0 Å². The van der Waals surface area contributed by atoms with Crippen molar-refractivity contribution < 1.29 is 0 Å². The van der Waals surface area contributed by atoms with Crippen LogP contribution >= 0.6 is 12.2 Å². The number of hydrogen-bond donors (Lipinski definition) is 1. The fourth-order valence-corrected chi connectivity index (χ4v) is 2.08. The summed E-state index contributed by atoms with van der Waals surface area (Å²) in [4.78, 5) is 9.42. The fourth-order valence-electron chi connectivity index (χ4n) is 1.78. The molecule has 2 heterocycles. The van der Waals surface area contributed by atoms with Crippen molar-refractivity contribution in [3.63, 3.8) is 0 Å². The summed E-state index contributed by atoms with van der Waals surface area (Å²) >= 11 is 5.30. The second kappa shape index (κ2) is 4.76. The van der Waals surface area contributed by atoms with E-state index in [1.54, 1.807) is 6.20 Å². The van der Waals surface area contributed by atoms with E-state index in [1.165, 1.54) is 0 Å². The first-order valence-corrected chi connectivity index (χ1v) is 5.76. The maximum Gasteiger partial charge on any atom is 0.178 e. The summed E-state index contributed by atoms with van der Waals surface area (Å²) in [6.45, 7) is 2.01. The highest BCUT2D eigenvalue weighted by atomic mass is 32.1. The summed E-state index contributed by atoms with van der Waals surface area (Å²) < 4.78 is 2.91. The van der Waals surface area contributed by atoms with Gasteiger partial charge in [-0.15, -0.1) is 0 Å². The standard InChI is InChI=1S/C11H16N4S/c1-14(2)6-3-7-15-10-4-5-12-8-9(10)13-11(15)16/h4-5,8H,3,6-7H2,1-2H3,(H,13,16). The van der Waals surface area contributed by atoms with Crippen LogP contribution in [-0.2, 0) is 6.54 Å². The van der Waals surface area contributed by atoms with E-state index in [4.69, 9.17) is 12.2 Å². The molecule has 0 radical (unpaired) electrons. The molecule has 2 aromatic heterocycles. The second-order valence-electron chi connectivity index (χ2n) is 4.13. The zero-order valence-electron chi connectivity index (χ0n) is 9.60. The lowest BCUT2D eigenvalue weighted by molar-refractivity contribution is 0.387. The maximum atomic E-state index is 5.30. The summed E-state index contributed by atoms with van der Waals surface area (Å²) in [7, 11) is 4.16. The lowest BCUT2D eigenvalue weighted by Crippen LogP contribution is -2.15. The van der Waals surface area contributed by atoms with E-state index in [9.17, 15) is 0 Å². The van der Waals surface area contributed by atoms with Gasteiger partial charge in [0.25, 0.3) is 0 Å². The van der Waals surface area contributed by atoms with Crippen molar-refractivity contribution in [2.75, 3.05) is 20.6 Å². The molecule has 16 heavy (non-hydrogen) atoms. The molecule has 0 aromatic carbocycles. The number of imidazole rings is 1. The second-order valence-corrected chi connectivity index (χ2v) is 4.52. The first-order chi connectivity index (χ1) is 7.68. The van der Waals surface area contributed by atoms with Gasteiger partial charge in [0.1, 0.15) is 0 Å². The number of pyridine rings is 1. The van der Waals surface area contributed by atoms with Gasteiger partial charge < -0.3 is 14.5 Å². The smallest absolute Gasteiger partial charge is 0.178 e. The molecule has 4 nitrogen and oxygen atoms in total. The lowest BCUT2D eigenvalue weighted by atomic mass is 10.3. The van der Waals surface area contributed by atoms with Crippen molar-refractivity contribution >= 4 is 23.3 Å². The highest BCUT2D eigenvalue weighted by Gasteiger charge is 2.03.